The van der Waals surface area contributed by atoms with Crippen LogP contribution in [0.3, 0.4) is 0 Å². The van der Waals surface area contributed by atoms with Crippen LogP contribution in [0.25, 0.3) is 0 Å². The van der Waals surface area contributed by atoms with Crippen LogP contribution in [0.15, 0.2) is 42.6 Å². The summed E-state index contributed by atoms with van der Waals surface area (Å²) >= 11 is 0. The fourth-order valence-electron chi connectivity index (χ4n) is 3.82. The number of carbonyl (C=O) groups is 2. The van der Waals surface area contributed by atoms with E-state index in [0.29, 0.717) is 11.8 Å². The molecule has 2 N–H and O–H groups in total. The van der Waals surface area contributed by atoms with Crippen LogP contribution >= 0.6 is 0 Å². The second kappa shape index (κ2) is 10.0. The van der Waals surface area contributed by atoms with Crippen molar-refractivity contribution in [1.82, 2.24) is 10.3 Å². The summed E-state index contributed by atoms with van der Waals surface area (Å²) in [7, 11) is 0. The Bertz CT molecular complexity index is 965. The maximum atomic E-state index is 12.9. The molecule has 0 bridgehead atoms. The molecule has 1 fully saturated rings. The molecule has 0 spiro atoms. The lowest BCUT2D eigenvalue weighted by atomic mass is 9.78. The van der Waals surface area contributed by atoms with Crippen molar-refractivity contribution in [3.05, 3.63) is 53.7 Å². The first-order valence-corrected chi connectivity index (χ1v) is 10.5. The molecule has 1 aliphatic carbocycles. The third-order valence-corrected chi connectivity index (χ3v) is 5.87. The number of carbonyl (C=O) groups excluding carboxylic acids is 2. The molecule has 3 rings (SSSR count). The summed E-state index contributed by atoms with van der Waals surface area (Å²) in [5.41, 5.74) is -0.700. The molecule has 9 heteroatoms. The highest BCUT2D eigenvalue weighted by Crippen LogP contribution is 2.32. The largest absolute Gasteiger partial charge is 0.452 e. The van der Waals surface area contributed by atoms with Gasteiger partial charge in [0.1, 0.15) is 11.4 Å². The average Bonchev–Trinajstić information content (AvgIpc) is 2.75. The number of anilines is 2. The SMILES string of the molecule is CC1CCCC(NC(=O)COC(=O)c2cccnc2Nc2cccc(C(F)(F)F)c2)C1C. The maximum absolute atomic E-state index is 12.9. The van der Waals surface area contributed by atoms with Gasteiger partial charge < -0.3 is 15.4 Å². The van der Waals surface area contributed by atoms with E-state index in [-0.39, 0.29) is 29.0 Å². The average molecular weight is 449 g/mol. The van der Waals surface area contributed by atoms with Crippen molar-refractivity contribution in [1.29, 1.82) is 0 Å². The summed E-state index contributed by atoms with van der Waals surface area (Å²) in [5, 5.41) is 5.64. The third kappa shape index (κ3) is 5.99. The zero-order valence-corrected chi connectivity index (χ0v) is 17.9. The van der Waals surface area contributed by atoms with Gasteiger partial charge in [0, 0.05) is 17.9 Å². The number of halogens is 3. The fraction of sp³-hybridized carbons (Fsp3) is 0.435. The third-order valence-electron chi connectivity index (χ3n) is 5.87. The molecule has 1 aromatic carbocycles. The van der Waals surface area contributed by atoms with E-state index in [1.54, 1.807) is 0 Å². The lowest BCUT2D eigenvalue weighted by molar-refractivity contribution is -0.137. The van der Waals surface area contributed by atoms with E-state index < -0.39 is 24.3 Å². The van der Waals surface area contributed by atoms with Crippen molar-refractivity contribution in [2.75, 3.05) is 11.9 Å². The molecular formula is C23H26F3N3O3. The van der Waals surface area contributed by atoms with Gasteiger partial charge in [-0.25, -0.2) is 9.78 Å². The summed E-state index contributed by atoms with van der Waals surface area (Å²) in [6.45, 7) is 3.81. The molecule has 0 saturated heterocycles. The van der Waals surface area contributed by atoms with Gasteiger partial charge in [-0.3, -0.25) is 4.79 Å². The number of alkyl halides is 3. The van der Waals surface area contributed by atoms with Gasteiger partial charge in [0.15, 0.2) is 6.61 Å². The molecule has 2 aromatic rings. The fourth-order valence-corrected chi connectivity index (χ4v) is 3.82. The molecule has 1 amide bonds. The first kappa shape index (κ1) is 23.6. The highest BCUT2D eigenvalue weighted by Gasteiger charge is 2.31. The van der Waals surface area contributed by atoms with Crippen molar-refractivity contribution in [3.63, 3.8) is 0 Å². The van der Waals surface area contributed by atoms with E-state index in [0.717, 1.165) is 31.4 Å². The number of rotatable bonds is 6. The van der Waals surface area contributed by atoms with E-state index in [2.05, 4.69) is 29.5 Å². The van der Waals surface area contributed by atoms with Crippen LogP contribution in [0.4, 0.5) is 24.7 Å². The number of nitrogens with zero attached hydrogens (tertiary/aromatic N) is 1. The first-order chi connectivity index (χ1) is 15.1. The Balaban J connectivity index is 1.63. The van der Waals surface area contributed by atoms with Gasteiger partial charge in [-0.05, 0) is 48.6 Å². The lowest BCUT2D eigenvalue weighted by Crippen LogP contribution is -2.45. The van der Waals surface area contributed by atoms with Gasteiger partial charge in [-0.15, -0.1) is 0 Å². The number of benzene rings is 1. The van der Waals surface area contributed by atoms with E-state index in [4.69, 9.17) is 4.74 Å². The molecule has 0 aliphatic heterocycles. The van der Waals surface area contributed by atoms with Crippen molar-refractivity contribution in [2.45, 2.75) is 45.3 Å². The molecule has 172 valence electrons. The normalized spacial score (nSPS) is 21.0. The van der Waals surface area contributed by atoms with Crippen LogP contribution in [-0.2, 0) is 15.7 Å². The Morgan fingerprint density at radius 3 is 2.69 bits per heavy atom. The number of pyridine rings is 1. The zero-order chi connectivity index (χ0) is 23.3. The summed E-state index contributed by atoms with van der Waals surface area (Å²) in [4.78, 5) is 28.8. The smallest absolute Gasteiger partial charge is 0.416 e. The summed E-state index contributed by atoms with van der Waals surface area (Å²) in [5.74, 6) is -0.304. The summed E-state index contributed by atoms with van der Waals surface area (Å²) < 4.78 is 44.0. The van der Waals surface area contributed by atoms with Crippen LogP contribution in [0.5, 0.6) is 0 Å². The molecule has 1 aliphatic rings. The number of aromatic nitrogens is 1. The summed E-state index contributed by atoms with van der Waals surface area (Å²) in [6.07, 6.45) is -0.0455. The van der Waals surface area contributed by atoms with Crippen molar-refractivity contribution >= 4 is 23.4 Å². The van der Waals surface area contributed by atoms with Crippen molar-refractivity contribution in [2.24, 2.45) is 11.8 Å². The molecule has 0 radical (unpaired) electrons. The Morgan fingerprint density at radius 1 is 1.16 bits per heavy atom. The Hall–Kier alpha value is -3.10. The van der Waals surface area contributed by atoms with Gasteiger partial charge in [-0.2, -0.15) is 13.2 Å². The zero-order valence-electron chi connectivity index (χ0n) is 17.9. The lowest BCUT2D eigenvalue weighted by Gasteiger charge is -2.34. The monoisotopic (exact) mass is 449 g/mol. The number of ether oxygens (including phenoxy) is 1. The number of hydrogen-bond acceptors (Lipinski definition) is 5. The van der Waals surface area contributed by atoms with Crippen LogP contribution in [0, 0.1) is 11.8 Å². The maximum Gasteiger partial charge on any atom is 0.416 e. The quantitative estimate of drug-likeness (QED) is 0.611. The number of amides is 1. The standard InChI is InChI=1S/C23H26F3N3O3/c1-14-6-3-10-19(15(14)2)29-20(30)13-32-22(31)18-9-5-11-27-21(18)28-17-8-4-7-16(12-17)23(24,25)26/h4-5,7-9,11-12,14-15,19H,3,6,10,13H2,1-2H3,(H,27,28)(H,29,30). The molecule has 3 unspecified atom stereocenters. The predicted octanol–water partition coefficient (Wildman–Crippen LogP) is 4.94. The number of hydrogen-bond donors (Lipinski definition) is 2. The second-order valence-corrected chi connectivity index (χ2v) is 8.12. The summed E-state index contributed by atoms with van der Waals surface area (Å²) in [6, 6.07) is 7.52. The molecular weight excluding hydrogens is 423 g/mol. The van der Waals surface area contributed by atoms with Crippen molar-refractivity contribution in [3.8, 4) is 0 Å². The molecule has 32 heavy (non-hydrogen) atoms. The van der Waals surface area contributed by atoms with Crippen LogP contribution in [0.2, 0.25) is 0 Å². The van der Waals surface area contributed by atoms with Crippen LogP contribution in [-0.4, -0.2) is 29.5 Å². The minimum Gasteiger partial charge on any atom is -0.452 e. The first-order valence-electron chi connectivity index (χ1n) is 10.5. The van der Waals surface area contributed by atoms with Gasteiger partial charge in [0.25, 0.3) is 5.91 Å². The van der Waals surface area contributed by atoms with E-state index in [1.807, 2.05) is 0 Å². The molecule has 1 heterocycles. The van der Waals surface area contributed by atoms with Crippen molar-refractivity contribution < 1.29 is 27.5 Å². The second-order valence-electron chi connectivity index (χ2n) is 8.12. The number of esters is 1. The van der Waals surface area contributed by atoms with Crippen LogP contribution in [0.1, 0.15) is 49.0 Å². The Kier molecular flexibility index (Phi) is 7.37. The van der Waals surface area contributed by atoms with E-state index in [1.165, 1.54) is 30.5 Å². The predicted molar refractivity (Wildman–Crippen MR) is 113 cm³/mol. The van der Waals surface area contributed by atoms with Gasteiger partial charge in [-0.1, -0.05) is 32.8 Å². The Labute approximate surface area is 184 Å². The number of nitrogens with one attached hydrogen (secondary N) is 2. The van der Waals surface area contributed by atoms with Crippen LogP contribution < -0.4 is 10.6 Å². The minimum atomic E-state index is -4.50. The highest BCUT2D eigenvalue weighted by atomic mass is 19.4. The Morgan fingerprint density at radius 2 is 1.94 bits per heavy atom. The van der Waals surface area contributed by atoms with E-state index in [9.17, 15) is 22.8 Å². The highest BCUT2D eigenvalue weighted by molar-refractivity contribution is 5.96. The van der Waals surface area contributed by atoms with Gasteiger partial charge >= 0.3 is 12.1 Å². The minimum absolute atomic E-state index is 0.0115. The van der Waals surface area contributed by atoms with E-state index >= 15 is 0 Å². The topological polar surface area (TPSA) is 80.3 Å². The molecule has 6 nitrogen and oxygen atoms in total. The molecule has 1 saturated carbocycles. The molecule has 3 atom stereocenters. The molecule has 1 aromatic heterocycles. The van der Waals surface area contributed by atoms with Gasteiger partial charge in [0.05, 0.1) is 5.56 Å². The van der Waals surface area contributed by atoms with Gasteiger partial charge in [0.2, 0.25) is 0 Å².